The standard InChI is InChI=1S/C21H29NO/c1-3-4-5-8-14-23-21-13-9-11-19(15-21)16-22-17-20-12-7-6-10-18(20)2/h6-7,9-13,15,22H,3-5,8,14,16-17H2,1-2H3. The normalized spacial score (nSPS) is 10.7. The van der Waals surface area contributed by atoms with Crippen LogP contribution in [0, 0.1) is 6.92 Å². The van der Waals surface area contributed by atoms with E-state index in [2.05, 4.69) is 61.6 Å². The Morgan fingerprint density at radius 2 is 1.78 bits per heavy atom. The molecule has 2 heteroatoms. The first-order valence-electron chi connectivity index (χ1n) is 8.76. The lowest BCUT2D eigenvalue weighted by atomic mass is 10.1. The molecular weight excluding hydrogens is 282 g/mol. The third kappa shape index (κ3) is 6.45. The van der Waals surface area contributed by atoms with E-state index < -0.39 is 0 Å². The predicted octanol–water partition coefficient (Wildman–Crippen LogP) is 5.24. The summed E-state index contributed by atoms with van der Waals surface area (Å²) in [6, 6.07) is 16.9. The van der Waals surface area contributed by atoms with E-state index in [0.717, 1.165) is 31.9 Å². The number of nitrogens with one attached hydrogen (secondary N) is 1. The maximum Gasteiger partial charge on any atom is 0.119 e. The molecule has 0 spiro atoms. The molecule has 0 amide bonds. The van der Waals surface area contributed by atoms with Crippen molar-refractivity contribution >= 4 is 0 Å². The van der Waals surface area contributed by atoms with E-state index in [4.69, 9.17) is 4.74 Å². The van der Waals surface area contributed by atoms with E-state index in [1.165, 1.54) is 36.0 Å². The molecule has 0 aliphatic heterocycles. The lowest BCUT2D eigenvalue weighted by Gasteiger charge is -2.10. The van der Waals surface area contributed by atoms with Gasteiger partial charge in [0.15, 0.2) is 0 Å². The molecule has 23 heavy (non-hydrogen) atoms. The van der Waals surface area contributed by atoms with E-state index in [1.54, 1.807) is 0 Å². The van der Waals surface area contributed by atoms with Gasteiger partial charge in [-0.05, 0) is 42.2 Å². The highest BCUT2D eigenvalue weighted by atomic mass is 16.5. The molecule has 0 atom stereocenters. The molecule has 0 heterocycles. The second kappa shape index (κ2) is 10.1. The van der Waals surface area contributed by atoms with Crippen molar-refractivity contribution < 1.29 is 4.74 Å². The van der Waals surface area contributed by atoms with Crippen molar-refractivity contribution in [1.29, 1.82) is 0 Å². The SMILES string of the molecule is CCCCCCOc1cccc(CNCc2ccccc2C)c1. The van der Waals surface area contributed by atoms with Gasteiger partial charge >= 0.3 is 0 Å². The van der Waals surface area contributed by atoms with Crippen LogP contribution in [-0.2, 0) is 13.1 Å². The number of hydrogen-bond donors (Lipinski definition) is 1. The molecule has 0 saturated carbocycles. The van der Waals surface area contributed by atoms with Gasteiger partial charge < -0.3 is 10.1 Å². The van der Waals surface area contributed by atoms with E-state index >= 15 is 0 Å². The van der Waals surface area contributed by atoms with Crippen LogP contribution >= 0.6 is 0 Å². The van der Waals surface area contributed by atoms with Crippen LogP contribution in [0.5, 0.6) is 5.75 Å². The van der Waals surface area contributed by atoms with Crippen molar-refractivity contribution in [3.63, 3.8) is 0 Å². The lowest BCUT2D eigenvalue weighted by molar-refractivity contribution is 0.304. The predicted molar refractivity (Wildman–Crippen MR) is 97.8 cm³/mol. The first-order chi connectivity index (χ1) is 11.3. The van der Waals surface area contributed by atoms with E-state index in [-0.39, 0.29) is 0 Å². The average Bonchev–Trinajstić information content (AvgIpc) is 2.57. The molecule has 1 N–H and O–H groups in total. The van der Waals surface area contributed by atoms with Crippen molar-refractivity contribution in [2.24, 2.45) is 0 Å². The number of aryl methyl sites for hydroxylation is 1. The minimum Gasteiger partial charge on any atom is -0.494 e. The summed E-state index contributed by atoms with van der Waals surface area (Å²) in [5, 5.41) is 3.51. The molecular formula is C21H29NO. The summed E-state index contributed by atoms with van der Waals surface area (Å²) in [5.41, 5.74) is 3.96. The molecule has 0 bridgehead atoms. The Labute approximate surface area is 140 Å². The lowest BCUT2D eigenvalue weighted by Crippen LogP contribution is -2.13. The molecule has 124 valence electrons. The summed E-state index contributed by atoms with van der Waals surface area (Å²) in [6.45, 7) is 6.97. The fourth-order valence-corrected chi connectivity index (χ4v) is 2.61. The third-order valence-electron chi connectivity index (χ3n) is 4.07. The second-order valence-electron chi connectivity index (χ2n) is 6.09. The van der Waals surface area contributed by atoms with E-state index in [9.17, 15) is 0 Å². The fourth-order valence-electron chi connectivity index (χ4n) is 2.61. The highest BCUT2D eigenvalue weighted by Crippen LogP contribution is 2.14. The summed E-state index contributed by atoms with van der Waals surface area (Å²) in [6.07, 6.45) is 4.96. The Morgan fingerprint density at radius 1 is 0.913 bits per heavy atom. The topological polar surface area (TPSA) is 21.3 Å². The van der Waals surface area contributed by atoms with Gasteiger partial charge in [-0.3, -0.25) is 0 Å². The average molecular weight is 311 g/mol. The molecule has 0 aliphatic rings. The summed E-state index contributed by atoms with van der Waals surface area (Å²) in [4.78, 5) is 0. The summed E-state index contributed by atoms with van der Waals surface area (Å²) >= 11 is 0. The Balaban J connectivity index is 1.75. The summed E-state index contributed by atoms with van der Waals surface area (Å²) in [7, 11) is 0. The van der Waals surface area contributed by atoms with Gasteiger partial charge in [0.2, 0.25) is 0 Å². The highest BCUT2D eigenvalue weighted by molar-refractivity contribution is 5.29. The van der Waals surface area contributed by atoms with E-state index in [1.807, 2.05) is 6.07 Å². The van der Waals surface area contributed by atoms with Crippen LogP contribution < -0.4 is 10.1 Å². The van der Waals surface area contributed by atoms with Crippen molar-refractivity contribution in [1.82, 2.24) is 5.32 Å². The Bertz CT molecular complexity index is 580. The van der Waals surface area contributed by atoms with Crippen molar-refractivity contribution in [3.8, 4) is 5.75 Å². The smallest absolute Gasteiger partial charge is 0.119 e. The highest BCUT2D eigenvalue weighted by Gasteiger charge is 1.99. The maximum absolute atomic E-state index is 5.85. The van der Waals surface area contributed by atoms with Gasteiger partial charge in [-0.15, -0.1) is 0 Å². The first-order valence-corrected chi connectivity index (χ1v) is 8.76. The molecule has 0 aromatic heterocycles. The Kier molecular flexibility index (Phi) is 7.68. The second-order valence-corrected chi connectivity index (χ2v) is 6.09. The molecule has 0 aliphatic carbocycles. The monoisotopic (exact) mass is 311 g/mol. The van der Waals surface area contributed by atoms with Crippen molar-refractivity contribution in [2.75, 3.05) is 6.61 Å². The van der Waals surface area contributed by atoms with Gasteiger partial charge in [-0.2, -0.15) is 0 Å². The van der Waals surface area contributed by atoms with Crippen molar-refractivity contribution in [3.05, 3.63) is 65.2 Å². The fraction of sp³-hybridized carbons (Fsp3) is 0.429. The van der Waals surface area contributed by atoms with Crippen LogP contribution in [0.1, 0.15) is 49.3 Å². The zero-order chi connectivity index (χ0) is 16.3. The summed E-state index contributed by atoms with van der Waals surface area (Å²) < 4.78 is 5.85. The van der Waals surface area contributed by atoms with Crippen LogP contribution in [0.3, 0.4) is 0 Å². The molecule has 2 nitrogen and oxygen atoms in total. The quantitative estimate of drug-likeness (QED) is 0.606. The van der Waals surface area contributed by atoms with Gasteiger partial charge in [-0.25, -0.2) is 0 Å². The zero-order valence-electron chi connectivity index (χ0n) is 14.5. The Hall–Kier alpha value is -1.80. The number of unbranched alkanes of at least 4 members (excludes halogenated alkanes) is 3. The Morgan fingerprint density at radius 3 is 2.61 bits per heavy atom. The molecule has 0 unspecified atom stereocenters. The van der Waals surface area contributed by atoms with Crippen LogP contribution in [-0.4, -0.2) is 6.61 Å². The van der Waals surface area contributed by atoms with Crippen LogP contribution in [0.25, 0.3) is 0 Å². The number of hydrogen-bond acceptors (Lipinski definition) is 2. The van der Waals surface area contributed by atoms with Gasteiger partial charge in [0.1, 0.15) is 5.75 Å². The van der Waals surface area contributed by atoms with Crippen LogP contribution in [0.4, 0.5) is 0 Å². The minimum absolute atomic E-state index is 0.820. The number of ether oxygens (including phenoxy) is 1. The molecule has 2 aromatic rings. The molecule has 2 rings (SSSR count). The van der Waals surface area contributed by atoms with Gasteiger partial charge in [-0.1, -0.05) is 62.6 Å². The summed E-state index contributed by atoms with van der Waals surface area (Å²) in [5.74, 6) is 0.983. The van der Waals surface area contributed by atoms with Gasteiger partial charge in [0.25, 0.3) is 0 Å². The van der Waals surface area contributed by atoms with Gasteiger partial charge in [0, 0.05) is 13.1 Å². The first kappa shape index (κ1) is 17.6. The van der Waals surface area contributed by atoms with Gasteiger partial charge in [0.05, 0.1) is 6.61 Å². The molecule has 2 aromatic carbocycles. The third-order valence-corrected chi connectivity index (χ3v) is 4.07. The minimum atomic E-state index is 0.820. The molecule has 0 fully saturated rings. The maximum atomic E-state index is 5.85. The van der Waals surface area contributed by atoms with Crippen molar-refractivity contribution in [2.45, 2.75) is 52.6 Å². The van der Waals surface area contributed by atoms with E-state index in [0.29, 0.717) is 0 Å². The largest absolute Gasteiger partial charge is 0.494 e. The van der Waals surface area contributed by atoms with Crippen LogP contribution in [0.15, 0.2) is 48.5 Å². The number of rotatable bonds is 10. The molecule has 0 saturated heterocycles. The van der Waals surface area contributed by atoms with Crippen LogP contribution in [0.2, 0.25) is 0 Å². The zero-order valence-corrected chi connectivity index (χ0v) is 14.5. The molecule has 0 radical (unpaired) electrons. The number of benzene rings is 2.